The van der Waals surface area contributed by atoms with Gasteiger partial charge in [-0.15, -0.1) is 0 Å². The number of unbranched alkanes of at least 4 members (excludes halogenated alkanes) is 1. The molecule has 0 spiro atoms. The summed E-state index contributed by atoms with van der Waals surface area (Å²) in [6, 6.07) is 14.3. The minimum atomic E-state index is -1.13. The molecule has 0 aliphatic rings. The van der Waals surface area contributed by atoms with Crippen LogP contribution in [0, 0.1) is 11.3 Å². The average Bonchev–Trinajstić information content (AvgIpc) is 3.40. The molecule has 4 rings (SSSR count). The Hall–Kier alpha value is -4.09. The minimum absolute atomic E-state index is 0.133. The number of nitriles is 1. The van der Waals surface area contributed by atoms with Crippen molar-refractivity contribution in [1.29, 1.82) is 5.26 Å². The molecule has 0 aliphatic carbocycles. The quantitative estimate of drug-likeness (QED) is 0.329. The standard InChI is InChI=1S/C25H24N4O4/c1-29(9-3-2-4-17-14-27-21-7-5-16(13-26)10-20(17)21)15-24(30)28-19-6-8-22-18(11-19)12-23(33-22)25(31)32/h5-8,10-12,14,27H,2-4,9,15H2,1H3,(H,28,30)(H,31,32). The Bertz CT molecular complexity index is 1360. The summed E-state index contributed by atoms with van der Waals surface area (Å²) in [6.07, 6.45) is 4.81. The first-order valence-corrected chi connectivity index (χ1v) is 10.7. The van der Waals surface area contributed by atoms with Crippen LogP contribution in [0.3, 0.4) is 0 Å². The highest BCUT2D eigenvalue weighted by Gasteiger charge is 2.12. The maximum Gasteiger partial charge on any atom is 0.371 e. The Labute approximate surface area is 190 Å². The first kappa shape index (κ1) is 22.1. The number of anilines is 1. The van der Waals surface area contributed by atoms with Gasteiger partial charge in [-0.2, -0.15) is 5.26 Å². The molecule has 8 nitrogen and oxygen atoms in total. The van der Waals surface area contributed by atoms with Gasteiger partial charge in [0.25, 0.3) is 0 Å². The Morgan fingerprint density at radius 1 is 1.18 bits per heavy atom. The van der Waals surface area contributed by atoms with Crippen LogP contribution in [0.5, 0.6) is 0 Å². The summed E-state index contributed by atoms with van der Waals surface area (Å²) >= 11 is 0. The number of nitrogens with zero attached hydrogens (tertiary/aromatic N) is 2. The van der Waals surface area contributed by atoms with Gasteiger partial charge in [-0.25, -0.2) is 4.79 Å². The van der Waals surface area contributed by atoms with Crippen molar-refractivity contribution < 1.29 is 19.1 Å². The number of benzene rings is 2. The summed E-state index contributed by atoms with van der Waals surface area (Å²) in [5.74, 6) is -1.40. The maximum absolute atomic E-state index is 12.4. The maximum atomic E-state index is 12.4. The number of hydrogen-bond acceptors (Lipinski definition) is 5. The van der Waals surface area contributed by atoms with Gasteiger partial charge in [0.05, 0.1) is 18.2 Å². The van der Waals surface area contributed by atoms with E-state index in [1.165, 1.54) is 11.6 Å². The Morgan fingerprint density at radius 2 is 2.03 bits per heavy atom. The van der Waals surface area contributed by atoms with Crippen LogP contribution in [0.2, 0.25) is 0 Å². The molecule has 0 radical (unpaired) electrons. The third kappa shape index (κ3) is 5.22. The number of amides is 1. The molecule has 3 N–H and O–H groups in total. The van der Waals surface area contributed by atoms with Gasteiger partial charge < -0.3 is 19.8 Å². The summed E-state index contributed by atoms with van der Waals surface area (Å²) in [5, 5.41) is 22.7. The highest BCUT2D eigenvalue weighted by atomic mass is 16.4. The molecule has 0 aliphatic heterocycles. The molecule has 0 fully saturated rings. The number of aromatic carboxylic acids is 1. The van der Waals surface area contributed by atoms with E-state index in [0.29, 0.717) is 22.2 Å². The van der Waals surface area contributed by atoms with E-state index >= 15 is 0 Å². The molecule has 33 heavy (non-hydrogen) atoms. The zero-order valence-corrected chi connectivity index (χ0v) is 18.2. The molecule has 8 heteroatoms. The van der Waals surface area contributed by atoms with Crippen LogP contribution >= 0.6 is 0 Å². The lowest BCUT2D eigenvalue weighted by atomic mass is 10.1. The lowest BCUT2D eigenvalue weighted by molar-refractivity contribution is -0.117. The molecule has 4 aromatic rings. The number of hydrogen-bond donors (Lipinski definition) is 3. The Morgan fingerprint density at radius 3 is 2.82 bits per heavy atom. The van der Waals surface area contributed by atoms with Crippen LogP contribution in [0.1, 0.15) is 34.5 Å². The number of fused-ring (bicyclic) bond motifs is 2. The zero-order valence-electron chi connectivity index (χ0n) is 18.2. The molecular weight excluding hydrogens is 420 g/mol. The van der Waals surface area contributed by atoms with Crippen molar-refractivity contribution in [2.75, 3.05) is 25.5 Å². The average molecular weight is 444 g/mol. The number of aromatic amines is 1. The highest BCUT2D eigenvalue weighted by Crippen LogP contribution is 2.23. The lowest BCUT2D eigenvalue weighted by Crippen LogP contribution is -2.30. The lowest BCUT2D eigenvalue weighted by Gasteiger charge is -2.16. The molecule has 0 saturated heterocycles. The van der Waals surface area contributed by atoms with Gasteiger partial charge in [-0.05, 0) is 80.9 Å². The molecule has 1 amide bonds. The molecule has 0 bridgehead atoms. The normalized spacial score (nSPS) is 11.2. The summed E-state index contributed by atoms with van der Waals surface area (Å²) < 4.78 is 5.23. The minimum Gasteiger partial charge on any atom is -0.475 e. The van der Waals surface area contributed by atoms with E-state index in [1.54, 1.807) is 18.2 Å². The first-order valence-electron chi connectivity index (χ1n) is 10.7. The van der Waals surface area contributed by atoms with Crippen molar-refractivity contribution in [3.63, 3.8) is 0 Å². The number of H-pyrrole nitrogens is 1. The Balaban J connectivity index is 1.24. The predicted molar refractivity (Wildman–Crippen MR) is 125 cm³/mol. The number of aromatic nitrogens is 1. The third-order valence-corrected chi connectivity index (χ3v) is 5.56. The topological polar surface area (TPSA) is 122 Å². The van der Waals surface area contributed by atoms with Crippen LogP contribution in [-0.2, 0) is 11.2 Å². The van der Waals surface area contributed by atoms with Gasteiger partial charge in [0, 0.05) is 28.2 Å². The van der Waals surface area contributed by atoms with E-state index < -0.39 is 5.97 Å². The SMILES string of the molecule is CN(CCCCc1c[nH]c2ccc(C#N)cc12)CC(=O)Nc1ccc2oc(C(=O)O)cc2c1. The summed E-state index contributed by atoms with van der Waals surface area (Å²) in [4.78, 5) is 28.6. The molecular formula is C25H24N4O4. The summed E-state index contributed by atoms with van der Waals surface area (Å²) in [5.41, 5.74) is 3.94. The van der Waals surface area contributed by atoms with Gasteiger partial charge >= 0.3 is 5.97 Å². The van der Waals surface area contributed by atoms with Crippen molar-refractivity contribution in [3.05, 3.63) is 65.5 Å². The number of likely N-dealkylation sites (N-methyl/N-ethyl adjacent to an activating group) is 1. The van der Waals surface area contributed by atoms with E-state index in [9.17, 15) is 9.59 Å². The number of aryl methyl sites for hydroxylation is 1. The monoisotopic (exact) mass is 444 g/mol. The number of rotatable bonds is 9. The van der Waals surface area contributed by atoms with Crippen LogP contribution in [-0.4, -0.2) is 47.0 Å². The van der Waals surface area contributed by atoms with Gasteiger partial charge in [0.15, 0.2) is 0 Å². The van der Waals surface area contributed by atoms with Crippen LogP contribution in [0.25, 0.3) is 21.9 Å². The predicted octanol–water partition coefficient (Wildman–Crippen LogP) is 4.38. The molecule has 2 aromatic heterocycles. The second-order valence-electron chi connectivity index (χ2n) is 8.10. The van der Waals surface area contributed by atoms with Gasteiger partial charge in [0.1, 0.15) is 5.58 Å². The molecule has 168 valence electrons. The molecule has 0 atom stereocenters. The van der Waals surface area contributed by atoms with Gasteiger partial charge in [-0.1, -0.05) is 0 Å². The fourth-order valence-corrected chi connectivity index (χ4v) is 3.90. The molecule has 0 saturated carbocycles. The first-order chi connectivity index (χ1) is 15.9. The van der Waals surface area contributed by atoms with E-state index in [4.69, 9.17) is 14.8 Å². The molecule has 2 heterocycles. The number of carboxylic acids is 1. The van der Waals surface area contributed by atoms with Crippen LogP contribution in [0.15, 0.2) is 53.1 Å². The van der Waals surface area contributed by atoms with Crippen molar-refractivity contribution in [2.45, 2.75) is 19.3 Å². The van der Waals surface area contributed by atoms with E-state index in [2.05, 4.69) is 16.4 Å². The number of nitrogens with one attached hydrogen (secondary N) is 2. The highest BCUT2D eigenvalue weighted by molar-refractivity contribution is 5.96. The summed E-state index contributed by atoms with van der Waals surface area (Å²) in [6.45, 7) is 1.03. The smallest absolute Gasteiger partial charge is 0.371 e. The Kier molecular flexibility index (Phi) is 6.43. The van der Waals surface area contributed by atoms with Crippen molar-refractivity contribution >= 4 is 39.4 Å². The van der Waals surface area contributed by atoms with Crippen LogP contribution < -0.4 is 5.32 Å². The molecule has 2 aromatic carbocycles. The van der Waals surface area contributed by atoms with Crippen LogP contribution in [0.4, 0.5) is 5.69 Å². The largest absolute Gasteiger partial charge is 0.475 e. The fraction of sp³-hybridized carbons (Fsp3) is 0.240. The van der Waals surface area contributed by atoms with Crippen molar-refractivity contribution in [2.24, 2.45) is 0 Å². The van der Waals surface area contributed by atoms with Gasteiger partial charge in [0.2, 0.25) is 11.7 Å². The van der Waals surface area contributed by atoms with E-state index in [1.807, 2.05) is 36.3 Å². The second-order valence-corrected chi connectivity index (χ2v) is 8.10. The third-order valence-electron chi connectivity index (χ3n) is 5.56. The fourth-order valence-electron chi connectivity index (χ4n) is 3.90. The number of carbonyl (C=O) groups excluding carboxylic acids is 1. The number of carboxylic acid groups (broad SMARTS) is 1. The number of carbonyl (C=O) groups is 2. The zero-order chi connectivity index (χ0) is 23.4. The summed E-state index contributed by atoms with van der Waals surface area (Å²) in [7, 11) is 1.91. The van der Waals surface area contributed by atoms with E-state index in [0.717, 1.165) is 36.7 Å². The van der Waals surface area contributed by atoms with E-state index in [-0.39, 0.29) is 18.2 Å². The van der Waals surface area contributed by atoms with Crippen molar-refractivity contribution in [1.82, 2.24) is 9.88 Å². The van der Waals surface area contributed by atoms with Gasteiger partial charge in [-0.3, -0.25) is 9.69 Å². The number of furan rings is 1. The van der Waals surface area contributed by atoms with Crippen molar-refractivity contribution in [3.8, 4) is 6.07 Å². The second kappa shape index (κ2) is 9.59. The molecule has 0 unspecified atom stereocenters.